The van der Waals surface area contributed by atoms with Crippen molar-refractivity contribution in [3.05, 3.63) is 29.8 Å². The number of rotatable bonds is 4. The quantitative estimate of drug-likeness (QED) is 0.860. The molecule has 0 amide bonds. The van der Waals surface area contributed by atoms with E-state index in [2.05, 4.69) is 0 Å². The average Bonchev–Trinajstić information content (AvgIpc) is 2.26. The van der Waals surface area contributed by atoms with Gasteiger partial charge in [0.15, 0.2) is 9.84 Å². The summed E-state index contributed by atoms with van der Waals surface area (Å²) in [6.45, 7) is 0.480. The molecule has 94 valence electrons. The maximum absolute atomic E-state index is 11.5. The lowest BCUT2D eigenvalue weighted by Crippen LogP contribution is -2.53. The van der Waals surface area contributed by atoms with Crippen LogP contribution in [0.1, 0.15) is 12.0 Å². The lowest BCUT2D eigenvalue weighted by atomic mass is 9.79. The highest BCUT2D eigenvalue weighted by Gasteiger charge is 2.50. The average molecular weight is 255 g/mol. The first kappa shape index (κ1) is 12.4. The van der Waals surface area contributed by atoms with Gasteiger partial charge in [-0.3, -0.25) is 0 Å². The van der Waals surface area contributed by atoms with E-state index in [0.717, 1.165) is 11.3 Å². The second-order valence-electron chi connectivity index (χ2n) is 4.55. The van der Waals surface area contributed by atoms with Crippen LogP contribution in [0.3, 0.4) is 0 Å². The minimum absolute atomic E-state index is 0.178. The van der Waals surface area contributed by atoms with Crippen LogP contribution in [-0.2, 0) is 15.3 Å². The predicted molar refractivity (Wildman–Crippen MR) is 67.0 cm³/mol. The van der Waals surface area contributed by atoms with Crippen molar-refractivity contribution in [2.75, 3.05) is 25.2 Å². The van der Waals surface area contributed by atoms with E-state index in [1.165, 1.54) is 0 Å². The van der Waals surface area contributed by atoms with Crippen molar-refractivity contribution >= 4 is 9.84 Å². The zero-order valence-corrected chi connectivity index (χ0v) is 10.7. The summed E-state index contributed by atoms with van der Waals surface area (Å²) in [6.07, 6.45) is 0.673. The zero-order chi connectivity index (χ0) is 12.5. The number of hydrogen-bond donors (Lipinski definition) is 1. The van der Waals surface area contributed by atoms with Crippen LogP contribution in [0.2, 0.25) is 0 Å². The van der Waals surface area contributed by atoms with E-state index in [0.29, 0.717) is 13.0 Å². The Morgan fingerprint density at radius 3 is 2.53 bits per heavy atom. The van der Waals surface area contributed by atoms with E-state index in [1.807, 2.05) is 24.3 Å². The number of nitrogens with two attached hydrogens (primary N) is 1. The van der Waals surface area contributed by atoms with Crippen molar-refractivity contribution < 1.29 is 13.2 Å². The summed E-state index contributed by atoms with van der Waals surface area (Å²) < 4.78 is 28.2. The first-order valence-electron chi connectivity index (χ1n) is 5.57. The molecule has 0 atom stereocenters. The van der Waals surface area contributed by atoms with Crippen molar-refractivity contribution in [2.24, 2.45) is 5.73 Å². The van der Waals surface area contributed by atoms with Crippen LogP contribution in [0.25, 0.3) is 0 Å². The highest BCUT2D eigenvalue weighted by molar-refractivity contribution is 7.93. The van der Waals surface area contributed by atoms with E-state index < -0.39 is 9.84 Å². The Morgan fingerprint density at radius 1 is 1.35 bits per heavy atom. The van der Waals surface area contributed by atoms with Crippen molar-refractivity contribution in [1.29, 1.82) is 0 Å². The fourth-order valence-electron chi connectivity index (χ4n) is 2.59. The van der Waals surface area contributed by atoms with E-state index in [-0.39, 0.29) is 16.9 Å². The topological polar surface area (TPSA) is 69.4 Å². The van der Waals surface area contributed by atoms with Gasteiger partial charge < -0.3 is 10.5 Å². The monoisotopic (exact) mass is 255 g/mol. The number of para-hydroxylation sites is 1. The second-order valence-corrected chi connectivity index (χ2v) is 6.62. The number of hydrogen-bond acceptors (Lipinski definition) is 4. The van der Waals surface area contributed by atoms with Crippen LogP contribution in [0.15, 0.2) is 24.3 Å². The molecule has 2 N–H and O–H groups in total. The van der Waals surface area contributed by atoms with Crippen LogP contribution in [0.4, 0.5) is 0 Å². The Labute approximate surface area is 102 Å². The van der Waals surface area contributed by atoms with Gasteiger partial charge in [-0.25, -0.2) is 8.42 Å². The Morgan fingerprint density at radius 2 is 2.00 bits per heavy atom. The standard InChI is InChI=1S/C12H17NO3S/c1-16-11-5-3-2-4-10(11)12(6-7-13)8-17(14,15)9-12/h2-5H,6-9,13H2,1H3. The molecule has 1 aromatic rings. The van der Waals surface area contributed by atoms with Gasteiger partial charge in [0, 0.05) is 11.0 Å². The predicted octanol–water partition coefficient (Wildman–Crippen LogP) is 0.710. The number of methoxy groups -OCH3 is 1. The fourth-order valence-corrected chi connectivity index (χ4v) is 4.79. The molecule has 17 heavy (non-hydrogen) atoms. The van der Waals surface area contributed by atoms with Gasteiger partial charge in [-0.15, -0.1) is 0 Å². The summed E-state index contributed by atoms with van der Waals surface area (Å²) in [5.41, 5.74) is 6.22. The molecule has 0 bridgehead atoms. The lowest BCUT2D eigenvalue weighted by Gasteiger charge is -2.42. The Bertz CT molecular complexity index is 498. The summed E-state index contributed by atoms with van der Waals surface area (Å²) in [5.74, 6) is 1.10. The highest BCUT2D eigenvalue weighted by atomic mass is 32.2. The molecule has 5 heteroatoms. The number of sulfone groups is 1. The van der Waals surface area contributed by atoms with Gasteiger partial charge in [-0.2, -0.15) is 0 Å². The molecule has 0 radical (unpaired) electrons. The molecule has 0 aliphatic carbocycles. The van der Waals surface area contributed by atoms with Gasteiger partial charge >= 0.3 is 0 Å². The molecular weight excluding hydrogens is 238 g/mol. The SMILES string of the molecule is COc1ccccc1C1(CCN)CS(=O)(=O)C1. The van der Waals surface area contributed by atoms with Crippen molar-refractivity contribution in [3.63, 3.8) is 0 Å². The molecule has 1 aliphatic heterocycles. The largest absolute Gasteiger partial charge is 0.496 e. The summed E-state index contributed by atoms with van der Waals surface area (Å²) in [6, 6.07) is 7.58. The molecule has 2 rings (SSSR count). The van der Waals surface area contributed by atoms with Gasteiger partial charge in [0.25, 0.3) is 0 Å². The maximum Gasteiger partial charge on any atom is 0.152 e. The van der Waals surface area contributed by atoms with Gasteiger partial charge in [0.2, 0.25) is 0 Å². The van der Waals surface area contributed by atoms with Gasteiger partial charge in [-0.05, 0) is 19.0 Å². The molecule has 0 spiro atoms. The lowest BCUT2D eigenvalue weighted by molar-refractivity contribution is 0.375. The summed E-state index contributed by atoms with van der Waals surface area (Å²) in [5, 5.41) is 0. The van der Waals surface area contributed by atoms with E-state index in [9.17, 15) is 8.42 Å². The zero-order valence-electron chi connectivity index (χ0n) is 9.85. The van der Waals surface area contributed by atoms with Crippen molar-refractivity contribution in [3.8, 4) is 5.75 Å². The third-order valence-corrected chi connectivity index (χ3v) is 5.28. The van der Waals surface area contributed by atoms with Gasteiger partial charge in [0.05, 0.1) is 18.6 Å². The minimum atomic E-state index is -2.90. The molecule has 0 unspecified atom stereocenters. The molecule has 1 aliphatic rings. The second kappa shape index (κ2) is 4.31. The highest BCUT2D eigenvalue weighted by Crippen LogP contribution is 2.43. The first-order chi connectivity index (χ1) is 8.03. The van der Waals surface area contributed by atoms with Crippen LogP contribution in [0.5, 0.6) is 5.75 Å². The normalized spacial score (nSPS) is 20.6. The summed E-state index contributed by atoms with van der Waals surface area (Å²) in [7, 11) is -1.30. The van der Waals surface area contributed by atoms with Crippen molar-refractivity contribution in [2.45, 2.75) is 11.8 Å². The Hall–Kier alpha value is -1.07. The third-order valence-electron chi connectivity index (χ3n) is 3.29. The van der Waals surface area contributed by atoms with Gasteiger partial charge in [-0.1, -0.05) is 18.2 Å². The Kier molecular flexibility index (Phi) is 3.14. The van der Waals surface area contributed by atoms with E-state index in [1.54, 1.807) is 7.11 Å². The molecule has 0 aromatic heterocycles. The maximum atomic E-state index is 11.5. The molecule has 1 fully saturated rings. The number of benzene rings is 1. The summed E-state index contributed by atoms with van der Waals surface area (Å²) >= 11 is 0. The van der Waals surface area contributed by atoms with Crippen LogP contribution in [0, 0.1) is 0 Å². The smallest absolute Gasteiger partial charge is 0.152 e. The third kappa shape index (κ3) is 2.17. The van der Waals surface area contributed by atoms with Gasteiger partial charge in [0.1, 0.15) is 5.75 Å². The van der Waals surface area contributed by atoms with Crippen LogP contribution in [-0.4, -0.2) is 33.6 Å². The number of ether oxygens (including phenoxy) is 1. The van der Waals surface area contributed by atoms with Crippen LogP contribution >= 0.6 is 0 Å². The van der Waals surface area contributed by atoms with E-state index >= 15 is 0 Å². The minimum Gasteiger partial charge on any atom is -0.496 e. The molecule has 0 saturated carbocycles. The molecular formula is C12H17NO3S. The van der Waals surface area contributed by atoms with E-state index in [4.69, 9.17) is 10.5 Å². The molecule has 4 nitrogen and oxygen atoms in total. The Balaban J connectivity index is 2.41. The van der Waals surface area contributed by atoms with Crippen molar-refractivity contribution in [1.82, 2.24) is 0 Å². The molecule has 1 heterocycles. The fraction of sp³-hybridized carbons (Fsp3) is 0.500. The molecule has 1 aromatic carbocycles. The first-order valence-corrected chi connectivity index (χ1v) is 7.39. The van der Waals surface area contributed by atoms with Crippen LogP contribution < -0.4 is 10.5 Å². The molecule has 1 saturated heterocycles. The summed E-state index contributed by atoms with van der Waals surface area (Å²) in [4.78, 5) is 0.